The standard InChI is InChI=1S/C21H34N4O3S.HI/c1-22-21(23-11-6-14-28-17-18-9-10-18)24-16-19-7-5-8-20(15-19)29(26,27)25-12-3-2-4-13-25;/h5,7-8,15,18H,2-4,6,9-14,16-17H2,1H3,(H2,22,23,24);1H. The molecule has 2 aliphatic rings. The number of sulfonamides is 1. The summed E-state index contributed by atoms with van der Waals surface area (Å²) in [6.07, 6.45) is 6.54. The van der Waals surface area contributed by atoms with Crippen molar-refractivity contribution < 1.29 is 13.2 Å². The minimum atomic E-state index is -3.41. The van der Waals surface area contributed by atoms with Crippen molar-refractivity contribution in [2.24, 2.45) is 10.9 Å². The van der Waals surface area contributed by atoms with E-state index in [2.05, 4.69) is 15.6 Å². The third-order valence-electron chi connectivity index (χ3n) is 5.34. The van der Waals surface area contributed by atoms with Gasteiger partial charge in [-0.15, -0.1) is 24.0 Å². The maximum atomic E-state index is 12.9. The predicted molar refractivity (Wildman–Crippen MR) is 131 cm³/mol. The van der Waals surface area contributed by atoms with E-state index in [-0.39, 0.29) is 24.0 Å². The molecule has 0 spiro atoms. The van der Waals surface area contributed by atoms with Crippen LogP contribution in [-0.2, 0) is 21.3 Å². The zero-order valence-electron chi connectivity index (χ0n) is 17.8. The zero-order chi connectivity index (χ0) is 20.5. The third kappa shape index (κ3) is 7.97. The van der Waals surface area contributed by atoms with Crippen LogP contribution in [0.5, 0.6) is 0 Å². The highest BCUT2D eigenvalue weighted by Crippen LogP contribution is 2.28. The maximum absolute atomic E-state index is 12.9. The fraction of sp³-hybridized carbons (Fsp3) is 0.667. The Labute approximate surface area is 198 Å². The van der Waals surface area contributed by atoms with Crippen molar-refractivity contribution in [2.45, 2.75) is 50.0 Å². The molecule has 30 heavy (non-hydrogen) atoms. The van der Waals surface area contributed by atoms with E-state index in [4.69, 9.17) is 4.74 Å². The van der Waals surface area contributed by atoms with Gasteiger partial charge < -0.3 is 15.4 Å². The van der Waals surface area contributed by atoms with Crippen molar-refractivity contribution >= 4 is 40.0 Å². The number of ether oxygens (including phenoxy) is 1. The molecule has 1 aromatic rings. The fourth-order valence-corrected chi connectivity index (χ4v) is 4.98. The lowest BCUT2D eigenvalue weighted by Crippen LogP contribution is -2.37. The number of hydrogen-bond acceptors (Lipinski definition) is 4. The van der Waals surface area contributed by atoms with Gasteiger partial charge in [0.2, 0.25) is 10.0 Å². The summed E-state index contributed by atoms with van der Waals surface area (Å²) in [7, 11) is -1.68. The molecule has 9 heteroatoms. The summed E-state index contributed by atoms with van der Waals surface area (Å²) in [5, 5.41) is 6.53. The molecule has 1 saturated heterocycles. The first kappa shape index (κ1) is 25.4. The predicted octanol–water partition coefficient (Wildman–Crippen LogP) is 2.96. The molecule has 7 nitrogen and oxygen atoms in total. The molecular weight excluding hydrogens is 515 g/mol. The summed E-state index contributed by atoms with van der Waals surface area (Å²) in [4.78, 5) is 4.60. The lowest BCUT2D eigenvalue weighted by molar-refractivity contribution is 0.123. The topological polar surface area (TPSA) is 83.0 Å². The van der Waals surface area contributed by atoms with Crippen LogP contribution in [0.3, 0.4) is 0 Å². The quantitative estimate of drug-likeness (QED) is 0.203. The van der Waals surface area contributed by atoms with Gasteiger partial charge in [0.25, 0.3) is 0 Å². The van der Waals surface area contributed by atoms with Crippen LogP contribution in [0.2, 0.25) is 0 Å². The number of benzene rings is 1. The van der Waals surface area contributed by atoms with Crippen molar-refractivity contribution in [1.29, 1.82) is 0 Å². The van der Waals surface area contributed by atoms with Gasteiger partial charge in [0.1, 0.15) is 0 Å². The number of hydrogen-bond donors (Lipinski definition) is 2. The van der Waals surface area contributed by atoms with Gasteiger partial charge in [0.15, 0.2) is 5.96 Å². The summed E-state index contributed by atoms with van der Waals surface area (Å²) < 4.78 is 33.0. The summed E-state index contributed by atoms with van der Waals surface area (Å²) in [6.45, 7) is 4.19. The number of piperidine rings is 1. The van der Waals surface area contributed by atoms with Crippen molar-refractivity contribution in [3.8, 4) is 0 Å². The Morgan fingerprint density at radius 1 is 1.20 bits per heavy atom. The molecule has 0 amide bonds. The van der Waals surface area contributed by atoms with E-state index < -0.39 is 10.0 Å². The Hall–Kier alpha value is -0.910. The van der Waals surface area contributed by atoms with E-state index in [0.717, 1.165) is 56.9 Å². The number of halogens is 1. The minimum Gasteiger partial charge on any atom is -0.381 e. The van der Waals surface area contributed by atoms with E-state index in [1.807, 2.05) is 6.07 Å². The fourth-order valence-electron chi connectivity index (χ4n) is 3.39. The second-order valence-corrected chi connectivity index (χ2v) is 9.77. The monoisotopic (exact) mass is 550 g/mol. The van der Waals surface area contributed by atoms with E-state index in [1.165, 1.54) is 12.8 Å². The molecule has 3 rings (SSSR count). The molecule has 2 fully saturated rings. The molecule has 0 aromatic heterocycles. The Balaban J connectivity index is 0.00000320. The van der Waals surface area contributed by atoms with Crippen LogP contribution in [0.4, 0.5) is 0 Å². The van der Waals surface area contributed by atoms with Crippen LogP contribution < -0.4 is 10.6 Å². The number of nitrogens with one attached hydrogen (secondary N) is 2. The summed E-state index contributed by atoms with van der Waals surface area (Å²) in [5.41, 5.74) is 0.916. The number of aliphatic imine (C=N–C) groups is 1. The second kappa shape index (κ2) is 12.8. The summed E-state index contributed by atoms with van der Waals surface area (Å²) >= 11 is 0. The molecule has 170 valence electrons. The Morgan fingerprint density at radius 2 is 1.97 bits per heavy atom. The largest absolute Gasteiger partial charge is 0.381 e. The number of guanidine groups is 1. The highest BCUT2D eigenvalue weighted by molar-refractivity contribution is 14.0. The van der Waals surface area contributed by atoms with Crippen LogP contribution in [0, 0.1) is 5.92 Å². The van der Waals surface area contributed by atoms with Crippen LogP contribution in [0.1, 0.15) is 44.1 Å². The van der Waals surface area contributed by atoms with Gasteiger partial charge in [-0.1, -0.05) is 18.6 Å². The first-order valence-corrected chi connectivity index (χ1v) is 12.1. The smallest absolute Gasteiger partial charge is 0.243 e. The van der Waals surface area contributed by atoms with E-state index in [0.29, 0.717) is 30.5 Å². The van der Waals surface area contributed by atoms with E-state index >= 15 is 0 Å². The van der Waals surface area contributed by atoms with Gasteiger partial charge in [-0.2, -0.15) is 4.31 Å². The minimum absolute atomic E-state index is 0. The average Bonchev–Trinajstić information content (AvgIpc) is 3.58. The van der Waals surface area contributed by atoms with Gasteiger partial charge in [-0.25, -0.2) is 8.42 Å². The molecule has 1 aromatic carbocycles. The Morgan fingerprint density at radius 3 is 2.67 bits per heavy atom. The highest BCUT2D eigenvalue weighted by Gasteiger charge is 2.26. The molecule has 0 atom stereocenters. The molecule has 1 heterocycles. The van der Waals surface area contributed by atoms with Crippen molar-refractivity contribution in [3.05, 3.63) is 29.8 Å². The second-order valence-electron chi connectivity index (χ2n) is 7.84. The molecule has 0 bridgehead atoms. The molecule has 1 aliphatic heterocycles. The van der Waals surface area contributed by atoms with Gasteiger partial charge in [-0.05, 0) is 55.7 Å². The van der Waals surface area contributed by atoms with E-state index in [1.54, 1.807) is 29.6 Å². The van der Waals surface area contributed by atoms with E-state index in [9.17, 15) is 8.42 Å². The lowest BCUT2D eigenvalue weighted by atomic mass is 10.2. The Bertz CT molecular complexity index is 778. The molecular formula is C21H35IN4O3S. The molecule has 1 aliphatic carbocycles. The van der Waals surface area contributed by atoms with Gasteiger partial charge in [0.05, 0.1) is 4.90 Å². The molecule has 2 N–H and O–H groups in total. The average molecular weight is 551 g/mol. The van der Waals surface area contributed by atoms with Crippen molar-refractivity contribution in [1.82, 2.24) is 14.9 Å². The van der Waals surface area contributed by atoms with Crippen LogP contribution in [0.25, 0.3) is 0 Å². The van der Waals surface area contributed by atoms with Crippen molar-refractivity contribution in [2.75, 3.05) is 39.9 Å². The SMILES string of the molecule is CN=C(NCCCOCC1CC1)NCc1cccc(S(=O)(=O)N2CCCCC2)c1.I. The van der Waals surface area contributed by atoms with Crippen LogP contribution >= 0.6 is 24.0 Å². The maximum Gasteiger partial charge on any atom is 0.243 e. The molecule has 0 unspecified atom stereocenters. The lowest BCUT2D eigenvalue weighted by Gasteiger charge is -2.26. The summed E-state index contributed by atoms with van der Waals surface area (Å²) in [6, 6.07) is 7.18. The zero-order valence-corrected chi connectivity index (χ0v) is 21.0. The molecule has 1 saturated carbocycles. The van der Waals surface area contributed by atoms with Gasteiger partial charge in [-0.3, -0.25) is 4.99 Å². The highest BCUT2D eigenvalue weighted by atomic mass is 127. The first-order chi connectivity index (χ1) is 14.1. The van der Waals surface area contributed by atoms with Crippen LogP contribution in [-0.4, -0.2) is 58.6 Å². The Kier molecular flexibility index (Phi) is 10.8. The number of nitrogens with zero attached hydrogens (tertiary/aromatic N) is 2. The third-order valence-corrected chi connectivity index (χ3v) is 7.24. The molecule has 0 radical (unpaired) electrons. The van der Waals surface area contributed by atoms with Gasteiger partial charge in [0, 0.05) is 46.4 Å². The normalized spacial score (nSPS) is 18.0. The van der Waals surface area contributed by atoms with Gasteiger partial charge >= 0.3 is 0 Å². The first-order valence-electron chi connectivity index (χ1n) is 10.7. The summed E-state index contributed by atoms with van der Waals surface area (Å²) in [5.74, 6) is 1.50. The number of rotatable bonds is 10. The van der Waals surface area contributed by atoms with Crippen molar-refractivity contribution in [3.63, 3.8) is 0 Å². The van der Waals surface area contributed by atoms with Crippen LogP contribution in [0.15, 0.2) is 34.2 Å².